The first-order valence-electron chi connectivity index (χ1n) is 4.81. The molecule has 0 fully saturated rings. The Balaban J connectivity index is 2.37. The number of aliphatic carboxylic acids is 1. The number of hydrogen-bond acceptors (Lipinski definition) is 3. The normalized spacial score (nSPS) is 19.2. The van der Waals surface area contributed by atoms with Crippen molar-refractivity contribution in [3.05, 3.63) is 23.3 Å². The second-order valence-electron chi connectivity index (χ2n) is 3.80. The molecule has 0 saturated carbocycles. The van der Waals surface area contributed by atoms with Crippen molar-refractivity contribution in [1.29, 1.82) is 0 Å². The molecule has 80 valence electrons. The number of thioether (sulfide) groups is 1. The van der Waals surface area contributed by atoms with Gasteiger partial charge in [-0.1, -0.05) is 6.07 Å². The fourth-order valence-electron chi connectivity index (χ4n) is 1.78. The number of rotatable bonds is 1. The Kier molecular flexibility index (Phi) is 2.61. The van der Waals surface area contributed by atoms with Gasteiger partial charge in [-0.05, 0) is 31.0 Å². The monoisotopic (exact) mass is 223 g/mol. The van der Waals surface area contributed by atoms with Gasteiger partial charge in [0, 0.05) is 16.3 Å². The molecule has 0 bridgehead atoms. The predicted molar refractivity (Wildman–Crippen MR) is 61.7 cm³/mol. The van der Waals surface area contributed by atoms with Gasteiger partial charge in [0.2, 0.25) is 0 Å². The van der Waals surface area contributed by atoms with Crippen molar-refractivity contribution < 1.29 is 9.90 Å². The Labute approximate surface area is 92.9 Å². The molecule has 1 heterocycles. The van der Waals surface area contributed by atoms with Crippen molar-refractivity contribution in [2.75, 3.05) is 11.1 Å². The van der Waals surface area contributed by atoms with Crippen LogP contribution < -0.4 is 5.32 Å². The van der Waals surface area contributed by atoms with Crippen LogP contribution in [-0.2, 0) is 4.79 Å². The van der Waals surface area contributed by atoms with Crippen molar-refractivity contribution in [3.8, 4) is 0 Å². The largest absolute Gasteiger partial charge is 0.480 e. The van der Waals surface area contributed by atoms with Gasteiger partial charge in [0.1, 0.15) is 6.04 Å². The Morgan fingerprint density at radius 2 is 2.27 bits per heavy atom. The third-order valence-corrected chi connectivity index (χ3v) is 3.77. The average Bonchev–Trinajstić information content (AvgIpc) is 2.16. The van der Waals surface area contributed by atoms with E-state index in [2.05, 4.69) is 18.3 Å². The zero-order valence-electron chi connectivity index (χ0n) is 8.70. The fourth-order valence-corrected chi connectivity index (χ4v) is 2.90. The lowest BCUT2D eigenvalue weighted by molar-refractivity contribution is -0.137. The van der Waals surface area contributed by atoms with Gasteiger partial charge in [-0.25, -0.2) is 4.79 Å². The third kappa shape index (κ3) is 1.95. The molecule has 15 heavy (non-hydrogen) atoms. The van der Waals surface area contributed by atoms with Gasteiger partial charge < -0.3 is 10.4 Å². The highest BCUT2D eigenvalue weighted by Crippen LogP contribution is 2.36. The van der Waals surface area contributed by atoms with E-state index in [9.17, 15) is 4.79 Å². The number of hydrogen-bond donors (Lipinski definition) is 2. The molecule has 0 spiro atoms. The van der Waals surface area contributed by atoms with Crippen molar-refractivity contribution in [1.82, 2.24) is 0 Å². The first-order valence-corrected chi connectivity index (χ1v) is 5.80. The molecule has 1 atom stereocenters. The number of benzene rings is 1. The van der Waals surface area contributed by atoms with Crippen LogP contribution in [0.15, 0.2) is 17.0 Å². The lowest BCUT2D eigenvalue weighted by Gasteiger charge is -2.25. The van der Waals surface area contributed by atoms with E-state index in [1.807, 2.05) is 13.0 Å². The zero-order valence-corrected chi connectivity index (χ0v) is 9.52. The first kappa shape index (κ1) is 10.4. The van der Waals surface area contributed by atoms with Crippen LogP contribution in [0.4, 0.5) is 5.69 Å². The van der Waals surface area contributed by atoms with Crippen molar-refractivity contribution in [2.45, 2.75) is 24.8 Å². The molecule has 0 radical (unpaired) electrons. The molecular formula is C11H13NO2S. The van der Waals surface area contributed by atoms with E-state index < -0.39 is 12.0 Å². The topological polar surface area (TPSA) is 49.3 Å². The predicted octanol–water partition coefficient (Wildman–Crippen LogP) is 2.27. The highest BCUT2D eigenvalue weighted by atomic mass is 32.2. The van der Waals surface area contributed by atoms with Gasteiger partial charge in [0.25, 0.3) is 0 Å². The van der Waals surface area contributed by atoms with Crippen LogP contribution >= 0.6 is 11.8 Å². The second-order valence-corrected chi connectivity index (χ2v) is 4.83. The summed E-state index contributed by atoms with van der Waals surface area (Å²) in [5, 5.41) is 12.0. The average molecular weight is 223 g/mol. The molecule has 2 rings (SSSR count). The molecule has 0 aliphatic carbocycles. The van der Waals surface area contributed by atoms with E-state index in [0.29, 0.717) is 5.75 Å². The van der Waals surface area contributed by atoms with E-state index >= 15 is 0 Å². The van der Waals surface area contributed by atoms with E-state index in [4.69, 9.17) is 5.11 Å². The summed E-state index contributed by atoms with van der Waals surface area (Å²) in [6, 6.07) is 3.66. The molecular weight excluding hydrogens is 210 g/mol. The van der Waals surface area contributed by atoms with Crippen LogP contribution in [0.3, 0.4) is 0 Å². The van der Waals surface area contributed by atoms with Crippen LogP contribution in [0.1, 0.15) is 11.1 Å². The number of nitrogens with one attached hydrogen (secondary N) is 1. The minimum Gasteiger partial charge on any atom is -0.480 e. The van der Waals surface area contributed by atoms with Crippen LogP contribution in [0.2, 0.25) is 0 Å². The molecule has 1 aromatic carbocycles. The summed E-state index contributed by atoms with van der Waals surface area (Å²) in [6.07, 6.45) is 0. The van der Waals surface area contributed by atoms with Gasteiger partial charge in [-0.3, -0.25) is 0 Å². The lowest BCUT2D eigenvalue weighted by atomic mass is 10.1. The molecule has 0 aromatic heterocycles. The number of carboxylic acid groups (broad SMARTS) is 1. The van der Waals surface area contributed by atoms with Gasteiger partial charge >= 0.3 is 5.97 Å². The first-order chi connectivity index (χ1) is 7.08. The number of aryl methyl sites for hydroxylation is 2. The SMILES string of the molecule is Cc1cc(C)c2c(c1)NC(C(=O)O)CS2. The van der Waals surface area contributed by atoms with Gasteiger partial charge in [0.15, 0.2) is 0 Å². The van der Waals surface area contributed by atoms with Crippen LogP contribution in [-0.4, -0.2) is 22.9 Å². The highest BCUT2D eigenvalue weighted by molar-refractivity contribution is 7.99. The second kappa shape index (κ2) is 3.77. The van der Waals surface area contributed by atoms with Gasteiger partial charge in [0.05, 0.1) is 0 Å². The third-order valence-electron chi connectivity index (χ3n) is 2.44. The quantitative estimate of drug-likeness (QED) is 0.767. The molecule has 1 aromatic rings. The summed E-state index contributed by atoms with van der Waals surface area (Å²) in [5.74, 6) is -0.195. The maximum Gasteiger partial charge on any atom is 0.326 e. The van der Waals surface area contributed by atoms with Crippen molar-refractivity contribution >= 4 is 23.4 Å². The summed E-state index contributed by atoms with van der Waals surface area (Å²) >= 11 is 1.62. The van der Waals surface area contributed by atoms with E-state index in [-0.39, 0.29) is 0 Å². The van der Waals surface area contributed by atoms with E-state index in [1.165, 1.54) is 10.5 Å². The number of carboxylic acids is 1. The van der Waals surface area contributed by atoms with Crippen LogP contribution in [0, 0.1) is 13.8 Å². The van der Waals surface area contributed by atoms with Crippen LogP contribution in [0.5, 0.6) is 0 Å². The fraction of sp³-hybridized carbons (Fsp3) is 0.364. The standard InChI is InChI=1S/C11H13NO2S/c1-6-3-7(2)10-8(4-6)12-9(5-15-10)11(13)14/h3-4,9,12H,5H2,1-2H3,(H,13,14). The molecule has 0 amide bonds. The minimum absolute atomic E-state index is 0.469. The Hall–Kier alpha value is -1.16. The summed E-state index contributed by atoms with van der Waals surface area (Å²) in [7, 11) is 0. The Morgan fingerprint density at radius 1 is 1.53 bits per heavy atom. The number of fused-ring (bicyclic) bond motifs is 1. The molecule has 4 heteroatoms. The maximum absolute atomic E-state index is 10.9. The molecule has 1 aliphatic heterocycles. The zero-order chi connectivity index (χ0) is 11.0. The Bertz CT molecular complexity index is 417. The number of anilines is 1. The van der Waals surface area contributed by atoms with E-state index in [1.54, 1.807) is 11.8 Å². The Morgan fingerprint density at radius 3 is 2.93 bits per heavy atom. The summed E-state index contributed by atoms with van der Waals surface area (Å²) in [4.78, 5) is 12.0. The van der Waals surface area contributed by atoms with Gasteiger partial charge in [-0.15, -0.1) is 11.8 Å². The molecule has 1 aliphatic rings. The molecule has 2 N–H and O–H groups in total. The minimum atomic E-state index is -0.785. The lowest BCUT2D eigenvalue weighted by Crippen LogP contribution is -2.34. The van der Waals surface area contributed by atoms with Gasteiger partial charge in [-0.2, -0.15) is 0 Å². The molecule has 0 saturated heterocycles. The summed E-state index contributed by atoms with van der Waals surface area (Å²) in [6.45, 7) is 4.08. The molecule has 1 unspecified atom stereocenters. The van der Waals surface area contributed by atoms with Crippen molar-refractivity contribution in [3.63, 3.8) is 0 Å². The highest BCUT2D eigenvalue weighted by Gasteiger charge is 2.24. The summed E-state index contributed by atoms with van der Waals surface area (Å²) < 4.78 is 0. The number of carbonyl (C=O) groups is 1. The molecule has 3 nitrogen and oxygen atoms in total. The van der Waals surface area contributed by atoms with E-state index in [0.717, 1.165) is 11.3 Å². The van der Waals surface area contributed by atoms with Crippen molar-refractivity contribution in [2.24, 2.45) is 0 Å². The summed E-state index contributed by atoms with van der Waals surface area (Å²) in [5.41, 5.74) is 3.33. The van der Waals surface area contributed by atoms with Crippen LogP contribution in [0.25, 0.3) is 0 Å². The maximum atomic E-state index is 10.9. The smallest absolute Gasteiger partial charge is 0.326 e.